The van der Waals surface area contributed by atoms with Gasteiger partial charge in [0, 0.05) is 12.4 Å². The molecule has 0 spiro atoms. The van der Waals surface area contributed by atoms with Crippen molar-refractivity contribution in [2.24, 2.45) is 11.5 Å². The molecule has 4 N–H and O–H groups in total. The Bertz CT molecular complexity index is 644. The van der Waals surface area contributed by atoms with E-state index in [0.29, 0.717) is 11.3 Å². The molecule has 0 saturated carbocycles. The molecule has 2 radical (unpaired) electrons. The molecule has 1 heterocycles. The highest BCUT2D eigenvalue weighted by Gasteiger charge is 2.36. The highest BCUT2D eigenvalue weighted by molar-refractivity contribution is 6.33. The van der Waals surface area contributed by atoms with E-state index >= 15 is 0 Å². The molecule has 0 fully saturated rings. The molecule has 0 atom stereocenters. The van der Waals surface area contributed by atoms with Gasteiger partial charge in [-0.2, -0.15) is 18.3 Å². The predicted octanol–water partition coefficient (Wildman–Crippen LogP) is 0.901. The standard InChI is InChI=1S/C12H10BF3N4/c13-9-6-19-20(11(9)12(14,15)16)8-3-1-7(2-4-8)10(18)5-17/h1-6H,17-18H2/b10-5-. The largest absolute Gasteiger partial charge is 0.432 e. The second-order valence-electron chi connectivity index (χ2n) is 4.03. The molecule has 1 aromatic carbocycles. The first-order valence-electron chi connectivity index (χ1n) is 5.53. The van der Waals surface area contributed by atoms with Gasteiger partial charge in [0.05, 0.1) is 11.4 Å². The molecule has 0 aliphatic carbocycles. The van der Waals surface area contributed by atoms with E-state index in [1.807, 2.05) is 0 Å². The van der Waals surface area contributed by atoms with E-state index in [-0.39, 0.29) is 5.69 Å². The Labute approximate surface area is 114 Å². The highest BCUT2D eigenvalue weighted by atomic mass is 19.4. The lowest BCUT2D eigenvalue weighted by molar-refractivity contribution is -0.141. The van der Waals surface area contributed by atoms with Gasteiger partial charge < -0.3 is 11.5 Å². The maximum Gasteiger partial charge on any atom is 0.432 e. The van der Waals surface area contributed by atoms with Crippen LogP contribution < -0.4 is 16.9 Å². The van der Waals surface area contributed by atoms with Crippen LogP contribution in [0.1, 0.15) is 11.3 Å². The first kappa shape index (κ1) is 14.0. The molecule has 0 amide bonds. The number of aromatic nitrogens is 2. The van der Waals surface area contributed by atoms with Crippen LogP contribution in [0.3, 0.4) is 0 Å². The van der Waals surface area contributed by atoms with E-state index in [1.54, 1.807) is 12.1 Å². The Balaban J connectivity index is 2.48. The molecule has 1 aromatic heterocycles. The van der Waals surface area contributed by atoms with Gasteiger partial charge in [0.25, 0.3) is 0 Å². The SMILES string of the molecule is [B]c1cnn(-c2ccc(/C(N)=C/N)cc2)c1C(F)(F)F. The topological polar surface area (TPSA) is 69.9 Å². The molecule has 0 saturated heterocycles. The average Bonchev–Trinajstić information content (AvgIpc) is 2.80. The van der Waals surface area contributed by atoms with Gasteiger partial charge in [-0.05, 0) is 23.2 Å². The van der Waals surface area contributed by atoms with Crippen molar-refractivity contribution >= 4 is 19.0 Å². The second-order valence-corrected chi connectivity index (χ2v) is 4.03. The van der Waals surface area contributed by atoms with Gasteiger partial charge in [-0.3, -0.25) is 0 Å². The Hall–Kier alpha value is -2.38. The van der Waals surface area contributed by atoms with E-state index < -0.39 is 17.3 Å². The predicted molar refractivity (Wildman–Crippen MR) is 70.3 cm³/mol. The number of nitrogens with zero attached hydrogens (tertiary/aromatic N) is 2. The Morgan fingerprint density at radius 1 is 1.25 bits per heavy atom. The molecule has 0 aliphatic rings. The molecule has 2 aromatic rings. The van der Waals surface area contributed by atoms with E-state index in [1.165, 1.54) is 18.3 Å². The van der Waals surface area contributed by atoms with Crippen molar-refractivity contribution in [3.8, 4) is 5.69 Å². The molecule has 0 bridgehead atoms. The van der Waals surface area contributed by atoms with Gasteiger partial charge >= 0.3 is 6.18 Å². The van der Waals surface area contributed by atoms with E-state index in [9.17, 15) is 13.2 Å². The van der Waals surface area contributed by atoms with Gasteiger partial charge in [0.1, 0.15) is 13.5 Å². The number of benzene rings is 1. The third-order valence-electron chi connectivity index (χ3n) is 2.69. The molecular weight excluding hydrogens is 268 g/mol. The van der Waals surface area contributed by atoms with Crippen LogP contribution in [0.5, 0.6) is 0 Å². The van der Waals surface area contributed by atoms with Crippen molar-refractivity contribution in [1.82, 2.24) is 9.78 Å². The summed E-state index contributed by atoms with van der Waals surface area (Å²) in [5.41, 5.74) is 10.6. The van der Waals surface area contributed by atoms with E-state index in [2.05, 4.69) is 5.10 Å². The Morgan fingerprint density at radius 3 is 2.35 bits per heavy atom. The van der Waals surface area contributed by atoms with E-state index in [4.69, 9.17) is 19.3 Å². The molecule has 102 valence electrons. The number of hydrogen-bond donors (Lipinski definition) is 2. The lowest BCUT2D eigenvalue weighted by Crippen LogP contribution is -2.22. The third-order valence-corrected chi connectivity index (χ3v) is 2.69. The number of alkyl halides is 3. The average molecular weight is 278 g/mol. The zero-order valence-electron chi connectivity index (χ0n) is 10.2. The summed E-state index contributed by atoms with van der Waals surface area (Å²) in [6.07, 6.45) is -2.41. The zero-order valence-corrected chi connectivity index (χ0v) is 10.2. The number of halogens is 3. The Kier molecular flexibility index (Phi) is 3.48. The van der Waals surface area contributed by atoms with Gasteiger partial charge in [-0.1, -0.05) is 12.1 Å². The monoisotopic (exact) mass is 278 g/mol. The normalized spacial score (nSPS) is 12.7. The van der Waals surface area contributed by atoms with Crippen molar-refractivity contribution < 1.29 is 13.2 Å². The van der Waals surface area contributed by atoms with Crippen molar-refractivity contribution in [3.05, 3.63) is 47.9 Å². The summed E-state index contributed by atoms with van der Waals surface area (Å²) >= 11 is 0. The summed E-state index contributed by atoms with van der Waals surface area (Å²) in [7, 11) is 5.32. The fourth-order valence-electron chi connectivity index (χ4n) is 1.73. The maximum atomic E-state index is 12.9. The number of hydrogen-bond acceptors (Lipinski definition) is 3. The highest BCUT2D eigenvalue weighted by Crippen LogP contribution is 2.29. The van der Waals surface area contributed by atoms with Gasteiger partial charge in [0.15, 0.2) is 0 Å². The van der Waals surface area contributed by atoms with Crippen molar-refractivity contribution in [2.75, 3.05) is 0 Å². The fraction of sp³-hybridized carbons (Fsp3) is 0.0833. The van der Waals surface area contributed by atoms with Gasteiger partial charge in [-0.25, -0.2) is 4.68 Å². The van der Waals surface area contributed by atoms with Crippen molar-refractivity contribution in [3.63, 3.8) is 0 Å². The molecule has 20 heavy (non-hydrogen) atoms. The first-order valence-corrected chi connectivity index (χ1v) is 5.53. The van der Waals surface area contributed by atoms with Crippen molar-refractivity contribution in [1.29, 1.82) is 0 Å². The number of nitrogens with two attached hydrogens (primary N) is 2. The molecule has 8 heteroatoms. The van der Waals surface area contributed by atoms with Crippen LogP contribution in [0, 0.1) is 0 Å². The van der Waals surface area contributed by atoms with Crippen LogP contribution in [0.2, 0.25) is 0 Å². The van der Waals surface area contributed by atoms with Gasteiger partial charge in [0.2, 0.25) is 0 Å². The van der Waals surface area contributed by atoms with E-state index in [0.717, 1.165) is 10.9 Å². The lowest BCUT2D eigenvalue weighted by atomic mass is 9.96. The minimum absolute atomic E-state index is 0.225. The quantitative estimate of drug-likeness (QED) is 0.802. The summed E-state index contributed by atoms with van der Waals surface area (Å²) in [5, 5.41) is 3.65. The van der Waals surface area contributed by atoms with Gasteiger partial charge in [-0.15, -0.1) is 0 Å². The number of rotatable bonds is 2. The van der Waals surface area contributed by atoms with Crippen LogP contribution in [0.15, 0.2) is 36.7 Å². The second kappa shape index (κ2) is 4.95. The van der Waals surface area contributed by atoms with Crippen LogP contribution in [0.4, 0.5) is 13.2 Å². The fourth-order valence-corrected chi connectivity index (χ4v) is 1.73. The summed E-state index contributed by atoms with van der Waals surface area (Å²) < 4.78 is 39.4. The Morgan fingerprint density at radius 2 is 1.85 bits per heavy atom. The summed E-state index contributed by atoms with van der Waals surface area (Å²) in [4.78, 5) is 0. The minimum atomic E-state index is -4.59. The lowest BCUT2D eigenvalue weighted by Gasteiger charge is -2.12. The van der Waals surface area contributed by atoms with Crippen LogP contribution in [-0.4, -0.2) is 17.6 Å². The molecule has 0 unspecified atom stereocenters. The maximum absolute atomic E-state index is 12.9. The zero-order chi connectivity index (χ0) is 14.9. The van der Waals surface area contributed by atoms with Crippen molar-refractivity contribution in [2.45, 2.75) is 6.18 Å². The molecular formula is C12H10BF3N4. The minimum Gasteiger partial charge on any atom is -0.403 e. The third kappa shape index (κ3) is 2.49. The van der Waals surface area contributed by atoms with Crippen LogP contribution in [-0.2, 0) is 6.18 Å². The summed E-state index contributed by atoms with van der Waals surface area (Å²) in [6, 6.07) is 6.00. The summed E-state index contributed by atoms with van der Waals surface area (Å²) in [6.45, 7) is 0. The first-order chi connectivity index (χ1) is 9.34. The molecule has 4 nitrogen and oxygen atoms in total. The molecule has 2 rings (SSSR count). The van der Waals surface area contributed by atoms with Crippen LogP contribution >= 0.6 is 0 Å². The molecule has 0 aliphatic heterocycles. The summed E-state index contributed by atoms with van der Waals surface area (Å²) in [5.74, 6) is 0. The smallest absolute Gasteiger partial charge is 0.403 e. The van der Waals surface area contributed by atoms with Crippen LogP contribution in [0.25, 0.3) is 11.4 Å².